The number of anilines is 1. The van der Waals surface area contributed by atoms with Crippen molar-refractivity contribution in [2.45, 2.75) is 19.8 Å². The van der Waals surface area contributed by atoms with E-state index in [9.17, 15) is 14.4 Å². The summed E-state index contributed by atoms with van der Waals surface area (Å²) in [5.41, 5.74) is 6.22. The molecule has 0 spiro atoms. The highest BCUT2D eigenvalue weighted by atomic mass is 16.4. The van der Waals surface area contributed by atoms with Crippen LogP contribution in [0.15, 0.2) is 18.2 Å². The average molecular weight is 279 g/mol. The maximum atomic E-state index is 11.5. The van der Waals surface area contributed by atoms with Crippen molar-refractivity contribution in [3.63, 3.8) is 0 Å². The first-order valence-electron chi connectivity index (χ1n) is 6.07. The number of carboxylic acids is 1. The Morgan fingerprint density at radius 1 is 1.30 bits per heavy atom. The van der Waals surface area contributed by atoms with Gasteiger partial charge in [-0.2, -0.15) is 0 Å². The lowest BCUT2D eigenvalue weighted by molar-refractivity contribution is -0.118. The minimum absolute atomic E-state index is 0.192. The number of nitrogens with one attached hydrogen (secondary N) is 2. The third-order valence-electron chi connectivity index (χ3n) is 2.60. The first-order valence-corrected chi connectivity index (χ1v) is 6.07. The van der Waals surface area contributed by atoms with Crippen LogP contribution in [0.2, 0.25) is 0 Å². The van der Waals surface area contributed by atoms with Crippen LogP contribution in [0.25, 0.3) is 0 Å². The third-order valence-corrected chi connectivity index (χ3v) is 2.60. The normalized spacial score (nSPS) is 9.85. The maximum Gasteiger partial charge on any atom is 0.335 e. The maximum absolute atomic E-state index is 11.5. The largest absolute Gasteiger partial charge is 0.478 e. The van der Waals surface area contributed by atoms with Crippen LogP contribution < -0.4 is 16.4 Å². The highest BCUT2D eigenvalue weighted by Gasteiger charge is 2.08. The fraction of sp³-hybridized carbons (Fsp3) is 0.308. The van der Waals surface area contributed by atoms with E-state index in [1.807, 2.05) is 0 Å². The molecule has 0 saturated heterocycles. The van der Waals surface area contributed by atoms with Crippen LogP contribution in [0, 0.1) is 6.92 Å². The molecule has 0 atom stereocenters. The van der Waals surface area contributed by atoms with E-state index in [1.54, 1.807) is 13.0 Å². The molecule has 0 unspecified atom stereocenters. The van der Waals surface area contributed by atoms with Gasteiger partial charge >= 0.3 is 12.0 Å². The predicted octanol–water partition coefficient (Wildman–Crippen LogP) is 1.08. The van der Waals surface area contributed by atoms with Crippen LogP contribution in [0.3, 0.4) is 0 Å². The lowest BCUT2D eigenvalue weighted by atomic mass is 10.1. The van der Waals surface area contributed by atoms with Gasteiger partial charge in [-0.1, -0.05) is 0 Å². The minimum atomic E-state index is -1.01. The Morgan fingerprint density at radius 3 is 2.55 bits per heavy atom. The van der Waals surface area contributed by atoms with E-state index in [0.29, 0.717) is 24.2 Å². The summed E-state index contributed by atoms with van der Waals surface area (Å²) in [5, 5.41) is 14.0. The quantitative estimate of drug-likeness (QED) is 0.582. The number of carbonyl (C=O) groups is 3. The standard InChI is InChI=1S/C13H17N3O4/c1-8-7-9(4-5-10(8)12(18)19)16-13(20)15-6-2-3-11(14)17/h4-5,7H,2-3,6H2,1H3,(H2,14,17)(H,18,19)(H2,15,16,20). The van der Waals surface area contributed by atoms with E-state index < -0.39 is 17.9 Å². The molecule has 0 aromatic heterocycles. The van der Waals surface area contributed by atoms with E-state index in [-0.39, 0.29) is 12.0 Å². The summed E-state index contributed by atoms with van der Waals surface area (Å²) in [6, 6.07) is 4.10. The van der Waals surface area contributed by atoms with Gasteiger partial charge in [-0.05, 0) is 37.1 Å². The summed E-state index contributed by atoms with van der Waals surface area (Å²) in [4.78, 5) is 32.9. The number of aromatic carboxylic acids is 1. The predicted molar refractivity (Wildman–Crippen MR) is 73.6 cm³/mol. The number of benzene rings is 1. The van der Waals surface area contributed by atoms with Gasteiger partial charge in [-0.15, -0.1) is 0 Å². The molecule has 108 valence electrons. The molecule has 3 amide bonds. The number of rotatable bonds is 6. The van der Waals surface area contributed by atoms with Gasteiger partial charge in [0.05, 0.1) is 5.56 Å². The Balaban J connectivity index is 2.48. The number of amides is 3. The number of aryl methyl sites for hydroxylation is 1. The van der Waals surface area contributed by atoms with Gasteiger partial charge in [0.15, 0.2) is 0 Å². The number of primary amides is 1. The molecular weight excluding hydrogens is 262 g/mol. The Labute approximate surface area is 116 Å². The molecule has 5 N–H and O–H groups in total. The van der Waals surface area contributed by atoms with Crippen molar-refractivity contribution in [1.82, 2.24) is 5.32 Å². The fourth-order valence-corrected chi connectivity index (χ4v) is 1.62. The topological polar surface area (TPSA) is 122 Å². The molecule has 1 aromatic carbocycles. The Morgan fingerprint density at radius 2 is 2.00 bits per heavy atom. The zero-order valence-electron chi connectivity index (χ0n) is 11.1. The lowest BCUT2D eigenvalue weighted by Gasteiger charge is -2.09. The number of carbonyl (C=O) groups excluding carboxylic acids is 2. The van der Waals surface area contributed by atoms with E-state index in [0.717, 1.165) is 0 Å². The van der Waals surface area contributed by atoms with Crippen LogP contribution >= 0.6 is 0 Å². The van der Waals surface area contributed by atoms with Crippen molar-refractivity contribution < 1.29 is 19.5 Å². The SMILES string of the molecule is Cc1cc(NC(=O)NCCCC(N)=O)ccc1C(=O)O. The molecule has 0 bridgehead atoms. The zero-order chi connectivity index (χ0) is 15.1. The van der Waals surface area contributed by atoms with Crippen molar-refractivity contribution in [2.24, 2.45) is 5.73 Å². The second-order valence-electron chi connectivity index (χ2n) is 4.29. The molecule has 0 aliphatic rings. The Kier molecular flexibility index (Phi) is 5.52. The van der Waals surface area contributed by atoms with Crippen molar-refractivity contribution in [2.75, 3.05) is 11.9 Å². The number of nitrogens with two attached hydrogens (primary N) is 1. The Bertz CT molecular complexity index is 528. The zero-order valence-corrected chi connectivity index (χ0v) is 11.1. The van der Waals surface area contributed by atoms with E-state index in [2.05, 4.69) is 10.6 Å². The number of urea groups is 1. The lowest BCUT2D eigenvalue weighted by Crippen LogP contribution is -2.30. The van der Waals surface area contributed by atoms with Crippen molar-refractivity contribution in [3.8, 4) is 0 Å². The third kappa shape index (κ3) is 4.97. The van der Waals surface area contributed by atoms with Gasteiger partial charge in [0.1, 0.15) is 0 Å². The first-order chi connectivity index (χ1) is 9.40. The first kappa shape index (κ1) is 15.5. The van der Waals surface area contributed by atoms with Gasteiger partial charge in [0, 0.05) is 18.7 Å². The van der Waals surface area contributed by atoms with Crippen LogP contribution in [0.1, 0.15) is 28.8 Å². The molecule has 0 aliphatic carbocycles. The van der Waals surface area contributed by atoms with Gasteiger partial charge < -0.3 is 21.5 Å². The molecule has 0 heterocycles. The van der Waals surface area contributed by atoms with E-state index >= 15 is 0 Å². The summed E-state index contributed by atoms with van der Waals surface area (Å²) in [6.45, 7) is 1.99. The number of hydrogen-bond acceptors (Lipinski definition) is 3. The smallest absolute Gasteiger partial charge is 0.335 e. The van der Waals surface area contributed by atoms with Gasteiger partial charge in [0.25, 0.3) is 0 Å². The van der Waals surface area contributed by atoms with Crippen molar-refractivity contribution in [1.29, 1.82) is 0 Å². The summed E-state index contributed by atoms with van der Waals surface area (Å²) < 4.78 is 0. The monoisotopic (exact) mass is 279 g/mol. The summed E-state index contributed by atoms with van der Waals surface area (Å²) >= 11 is 0. The number of hydrogen-bond donors (Lipinski definition) is 4. The minimum Gasteiger partial charge on any atom is -0.478 e. The molecule has 1 rings (SSSR count). The molecule has 1 aromatic rings. The van der Waals surface area contributed by atoms with E-state index in [1.165, 1.54) is 12.1 Å². The highest BCUT2D eigenvalue weighted by molar-refractivity contribution is 5.92. The molecule has 20 heavy (non-hydrogen) atoms. The molecule has 7 nitrogen and oxygen atoms in total. The van der Waals surface area contributed by atoms with Crippen LogP contribution in [0.4, 0.5) is 10.5 Å². The van der Waals surface area contributed by atoms with Crippen LogP contribution in [-0.4, -0.2) is 29.6 Å². The second kappa shape index (κ2) is 7.13. The van der Waals surface area contributed by atoms with Crippen molar-refractivity contribution >= 4 is 23.6 Å². The summed E-state index contributed by atoms with van der Waals surface area (Å²) in [6.07, 6.45) is 0.687. The average Bonchev–Trinajstić information content (AvgIpc) is 2.34. The molecular formula is C13H17N3O4. The fourth-order valence-electron chi connectivity index (χ4n) is 1.62. The second-order valence-corrected chi connectivity index (χ2v) is 4.29. The summed E-state index contributed by atoms with van der Waals surface area (Å²) in [5.74, 6) is -1.42. The van der Waals surface area contributed by atoms with Crippen LogP contribution in [-0.2, 0) is 4.79 Å². The molecule has 0 fully saturated rings. The molecule has 0 aliphatic heterocycles. The van der Waals surface area contributed by atoms with Crippen LogP contribution in [0.5, 0.6) is 0 Å². The molecule has 7 heteroatoms. The highest BCUT2D eigenvalue weighted by Crippen LogP contribution is 2.15. The van der Waals surface area contributed by atoms with Gasteiger partial charge in [0.2, 0.25) is 5.91 Å². The van der Waals surface area contributed by atoms with E-state index in [4.69, 9.17) is 10.8 Å². The molecule has 0 saturated carbocycles. The Hall–Kier alpha value is -2.57. The van der Waals surface area contributed by atoms with Gasteiger partial charge in [-0.25, -0.2) is 9.59 Å². The summed E-state index contributed by atoms with van der Waals surface area (Å²) in [7, 11) is 0. The number of carboxylic acid groups (broad SMARTS) is 1. The van der Waals surface area contributed by atoms with Gasteiger partial charge in [-0.3, -0.25) is 4.79 Å². The van der Waals surface area contributed by atoms with Crippen molar-refractivity contribution in [3.05, 3.63) is 29.3 Å². The molecule has 0 radical (unpaired) electrons.